The predicted molar refractivity (Wildman–Crippen MR) is 57.5 cm³/mol. The van der Waals surface area contributed by atoms with E-state index in [4.69, 9.17) is 5.73 Å². The molecule has 5 heteroatoms. The molecule has 80 valence electrons. The fourth-order valence-corrected chi connectivity index (χ4v) is 1.54. The number of rotatable bonds is 3. The van der Waals surface area contributed by atoms with Gasteiger partial charge in [0.1, 0.15) is 0 Å². The Morgan fingerprint density at radius 1 is 1.47 bits per heavy atom. The average Bonchev–Trinajstić information content (AvgIpc) is 2.84. The lowest BCUT2D eigenvalue weighted by Gasteiger charge is -2.10. The van der Waals surface area contributed by atoms with Gasteiger partial charge in [0.25, 0.3) is 0 Å². The van der Waals surface area contributed by atoms with Crippen LogP contribution in [0.15, 0.2) is 24.9 Å². The molecule has 0 aliphatic rings. The zero-order valence-corrected chi connectivity index (χ0v) is 8.96. The Bertz CT molecular complexity index is 442. The second-order valence-corrected chi connectivity index (χ2v) is 3.58. The highest BCUT2D eigenvalue weighted by Crippen LogP contribution is 2.17. The zero-order chi connectivity index (χ0) is 10.8. The standard InChI is InChI=1S/C10H15N5/c1-3-9(11)10-5-12-7-15(10)8-4-13-14(2)6-8/h4-7,9H,3,11H2,1-2H3/t9-/m1/s1. The van der Waals surface area contributed by atoms with Gasteiger partial charge >= 0.3 is 0 Å². The van der Waals surface area contributed by atoms with Crippen molar-refractivity contribution in [2.75, 3.05) is 0 Å². The van der Waals surface area contributed by atoms with Crippen LogP contribution in [0.1, 0.15) is 25.1 Å². The second kappa shape index (κ2) is 3.86. The van der Waals surface area contributed by atoms with Gasteiger partial charge in [-0.1, -0.05) is 6.92 Å². The van der Waals surface area contributed by atoms with Gasteiger partial charge in [-0.2, -0.15) is 5.10 Å². The molecular formula is C10H15N5. The molecule has 15 heavy (non-hydrogen) atoms. The van der Waals surface area contributed by atoms with Crippen molar-refractivity contribution >= 4 is 0 Å². The maximum absolute atomic E-state index is 6.00. The SMILES string of the molecule is CC[C@@H](N)c1cncn1-c1cnn(C)c1. The molecule has 2 rings (SSSR count). The van der Waals surface area contributed by atoms with Crippen LogP contribution in [0.5, 0.6) is 0 Å². The molecule has 0 saturated carbocycles. The molecule has 0 saturated heterocycles. The van der Waals surface area contributed by atoms with E-state index in [0.29, 0.717) is 0 Å². The molecule has 2 aromatic rings. The second-order valence-electron chi connectivity index (χ2n) is 3.58. The monoisotopic (exact) mass is 205 g/mol. The molecule has 5 nitrogen and oxygen atoms in total. The van der Waals surface area contributed by atoms with Crippen molar-refractivity contribution in [3.63, 3.8) is 0 Å². The molecule has 0 aliphatic heterocycles. The van der Waals surface area contributed by atoms with Crippen molar-refractivity contribution in [3.05, 3.63) is 30.6 Å². The van der Waals surface area contributed by atoms with Crippen LogP contribution < -0.4 is 5.73 Å². The smallest absolute Gasteiger partial charge is 0.0995 e. The number of imidazole rings is 1. The topological polar surface area (TPSA) is 61.7 Å². The third-order valence-electron chi connectivity index (χ3n) is 2.46. The maximum Gasteiger partial charge on any atom is 0.0995 e. The molecule has 0 aliphatic carbocycles. The molecule has 0 unspecified atom stereocenters. The van der Waals surface area contributed by atoms with E-state index < -0.39 is 0 Å². The van der Waals surface area contributed by atoms with Gasteiger partial charge < -0.3 is 5.73 Å². The van der Waals surface area contributed by atoms with Crippen molar-refractivity contribution in [3.8, 4) is 5.69 Å². The third kappa shape index (κ3) is 1.78. The quantitative estimate of drug-likeness (QED) is 0.813. The minimum Gasteiger partial charge on any atom is -0.323 e. The molecule has 0 bridgehead atoms. The van der Waals surface area contributed by atoms with Gasteiger partial charge in [-0.25, -0.2) is 4.98 Å². The minimum absolute atomic E-state index is 0.0210. The molecule has 0 spiro atoms. The van der Waals surface area contributed by atoms with E-state index in [2.05, 4.69) is 17.0 Å². The molecule has 0 fully saturated rings. The highest BCUT2D eigenvalue weighted by atomic mass is 15.3. The molecule has 2 aromatic heterocycles. The van der Waals surface area contributed by atoms with Crippen LogP contribution in [-0.2, 0) is 7.05 Å². The van der Waals surface area contributed by atoms with E-state index in [-0.39, 0.29) is 6.04 Å². The normalized spacial score (nSPS) is 13.0. The molecule has 0 aromatic carbocycles. The highest BCUT2D eigenvalue weighted by molar-refractivity contribution is 5.29. The van der Waals surface area contributed by atoms with Gasteiger partial charge in [0.05, 0.1) is 30.1 Å². The van der Waals surface area contributed by atoms with Crippen LogP contribution in [0.25, 0.3) is 5.69 Å². The Balaban J connectivity index is 2.40. The van der Waals surface area contributed by atoms with Crippen molar-refractivity contribution in [1.29, 1.82) is 0 Å². The van der Waals surface area contributed by atoms with Gasteiger partial charge in [0, 0.05) is 19.3 Å². The number of aromatic nitrogens is 4. The third-order valence-corrected chi connectivity index (χ3v) is 2.46. The number of aryl methyl sites for hydroxylation is 1. The molecule has 0 radical (unpaired) electrons. The van der Waals surface area contributed by atoms with Crippen LogP contribution in [-0.4, -0.2) is 19.3 Å². The fraction of sp³-hybridized carbons (Fsp3) is 0.400. The molecule has 2 heterocycles. The van der Waals surface area contributed by atoms with Crippen LogP contribution in [0.2, 0.25) is 0 Å². The fourth-order valence-electron chi connectivity index (χ4n) is 1.54. The summed E-state index contributed by atoms with van der Waals surface area (Å²) in [5, 5.41) is 4.13. The molecule has 2 N–H and O–H groups in total. The average molecular weight is 205 g/mol. The van der Waals surface area contributed by atoms with E-state index in [9.17, 15) is 0 Å². The lowest BCUT2D eigenvalue weighted by atomic mass is 10.2. The number of nitrogens with zero attached hydrogens (tertiary/aromatic N) is 4. The van der Waals surface area contributed by atoms with Crippen LogP contribution >= 0.6 is 0 Å². The van der Waals surface area contributed by atoms with Gasteiger partial charge in [0.2, 0.25) is 0 Å². The molecule has 0 amide bonds. The number of hydrogen-bond donors (Lipinski definition) is 1. The number of nitrogens with two attached hydrogens (primary N) is 1. The first-order valence-corrected chi connectivity index (χ1v) is 4.99. The van der Waals surface area contributed by atoms with Gasteiger partial charge in [-0.05, 0) is 6.42 Å². The summed E-state index contributed by atoms with van der Waals surface area (Å²) < 4.78 is 3.73. The van der Waals surface area contributed by atoms with Crippen molar-refractivity contribution in [2.45, 2.75) is 19.4 Å². The first kappa shape index (κ1) is 9.92. The summed E-state index contributed by atoms with van der Waals surface area (Å²) in [5.74, 6) is 0. The summed E-state index contributed by atoms with van der Waals surface area (Å²) in [5.41, 5.74) is 8.01. The Morgan fingerprint density at radius 3 is 2.87 bits per heavy atom. The predicted octanol–water partition coefficient (Wildman–Crippen LogP) is 1.02. The highest BCUT2D eigenvalue weighted by Gasteiger charge is 2.11. The van der Waals surface area contributed by atoms with Crippen LogP contribution in [0, 0.1) is 0 Å². The Kier molecular flexibility index (Phi) is 2.55. The van der Waals surface area contributed by atoms with Gasteiger partial charge in [0.15, 0.2) is 0 Å². The Labute approximate surface area is 88.5 Å². The summed E-state index contributed by atoms with van der Waals surface area (Å²) in [6, 6.07) is 0.0210. The largest absolute Gasteiger partial charge is 0.323 e. The zero-order valence-electron chi connectivity index (χ0n) is 8.96. The number of hydrogen-bond acceptors (Lipinski definition) is 3. The van der Waals surface area contributed by atoms with Crippen LogP contribution in [0.3, 0.4) is 0 Å². The minimum atomic E-state index is 0.0210. The summed E-state index contributed by atoms with van der Waals surface area (Å²) in [4.78, 5) is 4.12. The summed E-state index contributed by atoms with van der Waals surface area (Å²) in [7, 11) is 1.89. The van der Waals surface area contributed by atoms with Crippen molar-refractivity contribution in [2.24, 2.45) is 12.8 Å². The van der Waals surface area contributed by atoms with E-state index in [1.807, 2.05) is 17.8 Å². The first-order chi connectivity index (χ1) is 7.22. The van der Waals surface area contributed by atoms with Crippen molar-refractivity contribution in [1.82, 2.24) is 19.3 Å². The van der Waals surface area contributed by atoms with E-state index >= 15 is 0 Å². The summed E-state index contributed by atoms with van der Waals surface area (Å²) in [6.45, 7) is 2.06. The Hall–Kier alpha value is -1.62. The maximum atomic E-state index is 6.00. The van der Waals surface area contributed by atoms with E-state index in [1.54, 1.807) is 23.4 Å². The summed E-state index contributed by atoms with van der Waals surface area (Å²) >= 11 is 0. The van der Waals surface area contributed by atoms with Gasteiger partial charge in [-0.3, -0.25) is 9.25 Å². The first-order valence-electron chi connectivity index (χ1n) is 4.99. The molecular weight excluding hydrogens is 190 g/mol. The molecule has 1 atom stereocenters. The Morgan fingerprint density at radius 2 is 2.27 bits per heavy atom. The lowest BCUT2D eigenvalue weighted by molar-refractivity contribution is 0.659. The summed E-state index contributed by atoms with van der Waals surface area (Å²) in [6.07, 6.45) is 8.20. The van der Waals surface area contributed by atoms with E-state index in [1.165, 1.54) is 0 Å². The van der Waals surface area contributed by atoms with Crippen LogP contribution in [0.4, 0.5) is 0 Å². The lowest BCUT2D eigenvalue weighted by Crippen LogP contribution is -2.13. The van der Waals surface area contributed by atoms with E-state index in [0.717, 1.165) is 17.8 Å². The van der Waals surface area contributed by atoms with Gasteiger partial charge in [-0.15, -0.1) is 0 Å². The van der Waals surface area contributed by atoms with Crippen molar-refractivity contribution < 1.29 is 0 Å².